The van der Waals surface area contributed by atoms with Gasteiger partial charge in [-0.1, -0.05) is 42.5 Å². The summed E-state index contributed by atoms with van der Waals surface area (Å²) in [6, 6.07) is 15.8. The summed E-state index contributed by atoms with van der Waals surface area (Å²) in [5.41, 5.74) is 3.73. The van der Waals surface area contributed by atoms with E-state index in [0.717, 1.165) is 16.8 Å². The molecule has 0 spiro atoms. The molecule has 3 heteroatoms. The van der Waals surface area contributed by atoms with Gasteiger partial charge in [0.25, 0.3) is 0 Å². The molecule has 1 aromatic heterocycles. The van der Waals surface area contributed by atoms with Crippen LogP contribution in [0.3, 0.4) is 0 Å². The molecule has 3 rings (SSSR count). The second kappa shape index (κ2) is 6.29. The molecule has 21 heavy (non-hydrogen) atoms. The average Bonchev–Trinajstić information content (AvgIpc) is 2.56. The molecule has 1 heterocycles. The number of benzene rings is 1. The van der Waals surface area contributed by atoms with E-state index in [1.807, 2.05) is 60.7 Å². The first-order valence-electron chi connectivity index (χ1n) is 6.90. The Morgan fingerprint density at radius 1 is 1.05 bits per heavy atom. The van der Waals surface area contributed by atoms with Crippen LogP contribution in [0.25, 0.3) is 5.57 Å². The number of aliphatic hydroxyl groups excluding tert-OH is 1. The van der Waals surface area contributed by atoms with Crippen molar-refractivity contribution >= 4 is 11.3 Å². The standard InChI is InChI=1S/C18H16N2O/c21-18-10-9-15(14-6-2-1-3-7-14)12-17(18)20-13-16-8-4-5-11-19-16/h1-12,18,21H,13H2. The maximum Gasteiger partial charge on any atom is 0.114 e. The number of aliphatic imine (C=N–C) groups is 1. The largest absolute Gasteiger partial charge is 0.383 e. The van der Waals surface area contributed by atoms with Crippen molar-refractivity contribution in [2.45, 2.75) is 12.6 Å². The predicted octanol–water partition coefficient (Wildman–Crippen LogP) is 3.04. The third-order valence-electron chi connectivity index (χ3n) is 3.32. The molecule has 0 bridgehead atoms. The summed E-state index contributed by atoms with van der Waals surface area (Å²) in [6.07, 6.45) is 6.72. The van der Waals surface area contributed by atoms with E-state index in [9.17, 15) is 5.11 Å². The average molecular weight is 276 g/mol. The lowest BCUT2D eigenvalue weighted by Gasteiger charge is -2.14. The highest BCUT2D eigenvalue weighted by Crippen LogP contribution is 2.20. The zero-order chi connectivity index (χ0) is 14.5. The highest BCUT2D eigenvalue weighted by Gasteiger charge is 2.13. The molecule has 1 aromatic carbocycles. The Bertz CT molecular complexity index is 688. The lowest BCUT2D eigenvalue weighted by molar-refractivity contribution is 0.289. The number of hydrogen-bond donors (Lipinski definition) is 1. The van der Waals surface area contributed by atoms with E-state index in [1.54, 1.807) is 12.3 Å². The van der Waals surface area contributed by atoms with E-state index in [4.69, 9.17) is 0 Å². The zero-order valence-electron chi connectivity index (χ0n) is 11.6. The molecule has 2 aromatic rings. The van der Waals surface area contributed by atoms with E-state index in [1.165, 1.54) is 0 Å². The van der Waals surface area contributed by atoms with Crippen molar-refractivity contribution in [3.8, 4) is 0 Å². The van der Waals surface area contributed by atoms with Crippen molar-refractivity contribution in [2.24, 2.45) is 4.99 Å². The maximum absolute atomic E-state index is 10.0. The lowest BCUT2D eigenvalue weighted by Crippen LogP contribution is -2.19. The topological polar surface area (TPSA) is 45.5 Å². The highest BCUT2D eigenvalue weighted by molar-refractivity contribution is 6.08. The minimum atomic E-state index is -0.652. The SMILES string of the molecule is OC1C=CC(c2ccccc2)=CC1=NCc1ccccn1. The monoisotopic (exact) mass is 276 g/mol. The number of hydrogen-bond acceptors (Lipinski definition) is 3. The number of rotatable bonds is 3. The Morgan fingerprint density at radius 2 is 1.86 bits per heavy atom. The van der Waals surface area contributed by atoms with Gasteiger partial charge in [0.2, 0.25) is 0 Å². The smallest absolute Gasteiger partial charge is 0.114 e. The van der Waals surface area contributed by atoms with Gasteiger partial charge in [-0.3, -0.25) is 9.98 Å². The first-order chi connectivity index (χ1) is 10.3. The summed E-state index contributed by atoms with van der Waals surface area (Å²) in [5, 5.41) is 10.0. The molecular formula is C18H16N2O. The lowest BCUT2D eigenvalue weighted by atomic mass is 9.97. The molecule has 1 N–H and O–H groups in total. The van der Waals surface area contributed by atoms with Crippen LogP contribution in [0.1, 0.15) is 11.3 Å². The zero-order valence-corrected chi connectivity index (χ0v) is 11.6. The molecule has 1 aliphatic rings. The Hall–Kier alpha value is -2.52. The fourth-order valence-electron chi connectivity index (χ4n) is 2.20. The molecule has 3 nitrogen and oxygen atoms in total. The van der Waals surface area contributed by atoms with Crippen LogP contribution in [0, 0.1) is 0 Å². The van der Waals surface area contributed by atoms with Crippen molar-refractivity contribution in [1.29, 1.82) is 0 Å². The maximum atomic E-state index is 10.0. The summed E-state index contributed by atoms with van der Waals surface area (Å²) < 4.78 is 0. The van der Waals surface area contributed by atoms with Gasteiger partial charge >= 0.3 is 0 Å². The van der Waals surface area contributed by atoms with Crippen LogP contribution < -0.4 is 0 Å². The molecule has 0 amide bonds. The third kappa shape index (κ3) is 3.33. The van der Waals surface area contributed by atoms with Gasteiger partial charge in [-0.2, -0.15) is 0 Å². The second-order valence-electron chi connectivity index (χ2n) is 4.83. The molecule has 0 radical (unpaired) electrons. The first-order valence-corrected chi connectivity index (χ1v) is 6.90. The van der Waals surface area contributed by atoms with Gasteiger partial charge in [0, 0.05) is 6.20 Å². The van der Waals surface area contributed by atoms with E-state index in [0.29, 0.717) is 12.3 Å². The van der Waals surface area contributed by atoms with Crippen LogP contribution >= 0.6 is 0 Å². The summed E-state index contributed by atoms with van der Waals surface area (Å²) >= 11 is 0. The highest BCUT2D eigenvalue weighted by atomic mass is 16.3. The Morgan fingerprint density at radius 3 is 2.62 bits per heavy atom. The number of aromatic nitrogens is 1. The number of nitrogens with zero attached hydrogens (tertiary/aromatic N) is 2. The molecule has 0 saturated heterocycles. The molecule has 1 unspecified atom stereocenters. The van der Waals surface area contributed by atoms with Crippen molar-refractivity contribution in [1.82, 2.24) is 4.98 Å². The molecule has 104 valence electrons. The van der Waals surface area contributed by atoms with Gasteiger partial charge in [-0.25, -0.2) is 0 Å². The predicted molar refractivity (Wildman–Crippen MR) is 84.9 cm³/mol. The van der Waals surface area contributed by atoms with Crippen LogP contribution in [0.4, 0.5) is 0 Å². The Balaban J connectivity index is 1.84. The van der Waals surface area contributed by atoms with Gasteiger partial charge in [0.1, 0.15) is 6.10 Å². The van der Waals surface area contributed by atoms with Crippen LogP contribution in [-0.4, -0.2) is 21.9 Å². The third-order valence-corrected chi connectivity index (χ3v) is 3.32. The van der Waals surface area contributed by atoms with Gasteiger partial charge in [0.05, 0.1) is 18.0 Å². The second-order valence-corrected chi connectivity index (χ2v) is 4.83. The van der Waals surface area contributed by atoms with Gasteiger partial charge in [0.15, 0.2) is 0 Å². The van der Waals surface area contributed by atoms with Gasteiger partial charge in [-0.15, -0.1) is 0 Å². The molecule has 0 saturated carbocycles. The normalized spacial score (nSPS) is 19.6. The van der Waals surface area contributed by atoms with Crippen molar-refractivity contribution in [3.05, 3.63) is 84.2 Å². The van der Waals surface area contributed by atoms with Crippen molar-refractivity contribution < 1.29 is 5.11 Å². The minimum Gasteiger partial charge on any atom is -0.383 e. The van der Waals surface area contributed by atoms with Gasteiger partial charge < -0.3 is 5.11 Å². The molecule has 1 atom stereocenters. The van der Waals surface area contributed by atoms with E-state index < -0.39 is 6.10 Å². The summed E-state index contributed by atoms with van der Waals surface area (Å²) in [5.74, 6) is 0. The van der Waals surface area contributed by atoms with Crippen LogP contribution in [0.5, 0.6) is 0 Å². The fourth-order valence-corrected chi connectivity index (χ4v) is 2.20. The van der Waals surface area contributed by atoms with Gasteiger partial charge in [-0.05, 0) is 35.4 Å². The molecule has 0 aliphatic heterocycles. The number of allylic oxidation sites excluding steroid dienone is 2. The number of aliphatic hydroxyl groups is 1. The quantitative estimate of drug-likeness (QED) is 0.936. The molecule has 1 aliphatic carbocycles. The van der Waals surface area contributed by atoms with Crippen LogP contribution in [-0.2, 0) is 6.54 Å². The Labute approximate surface area is 124 Å². The summed E-state index contributed by atoms with van der Waals surface area (Å²) in [7, 11) is 0. The fraction of sp³-hybridized carbons (Fsp3) is 0.111. The van der Waals surface area contributed by atoms with E-state index >= 15 is 0 Å². The summed E-state index contributed by atoms with van der Waals surface area (Å²) in [6.45, 7) is 0.472. The van der Waals surface area contributed by atoms with Crippen LogP contribution in [0.15, 0.2) is 77.9 Å². The van der Waals surface area contributed by atoms with Crippen molar-refractivity contribution in [3.63, 3.8) is 0 Å². The molecular weight excluding hydrogens is 260 g/mol. The number of pyridine rings is 1. The Kier molecular flexibility index (Phi) is 4.03. The van der Waals surface area contributed by atoms with Crippen LogP contribution in [0.2, 0.25) is 0 Å². The summed E-state index contributed by atoms with van der Waals surface area (Å²) in [4.78, 5) is 8.72. The van der Waals surface area contributed by atoms with Crippen molar-refractivity contribution in [2.75, 3.05) is 0 Å². The van der Waals surface area contributed by atoms with E-state index in [2.05, 4.69) is 9.98 Å². The minimum absolute atomic E-state index is 0.472. The first kappa shape index (κ1) is 13.5. The van der Waals surface area contributed by atoms with E-state index in [-0.39, 0.29) is 0 Å². The molecule has 0 fully saturated rings.